The molecule has 124 valence electrons. The highest BCUT2D eigenvalue weighted by Gasteiger charge is 2.16. The highest BCUT2D eigenvalue weighted by molar-refractivity contribution is 7.14. The molecule has 1 aliphatic rings. The first-order valence-electron chi connectivity index (χ1n) is 7.94. The summed E-state index contributed by atoms with van der Waals surface area (Å²) < 4.78 is 1.47. The molecule has 1 N–H and O–H groups in total. The molecule has 1 saturated heterocycles. The first-order chi connectivity index (χ1) is 11.8. The van der Waals surface area contributed by atoms with Gasteiger partial charge in [-0.15, -0.1) is 16.4 Å². The number of aromatic nitrogens is 5. The molecule has 0 radical (unpaired) electrons. The van der Waals surface area contributed by atoms with Crippen LogP contribution in [0.15, 0.2) is 23.7 Å². The Morgan fingerprint density at radius 2 is 2.17 bits per heavy atom. The van der Waals surface area contributed by atoms with Crippen LogP contribution >= 0.6 is 11.3 Å². The van der Waals surface area contributed by atoms with Crippen LogP contribution in [-0.2, 0) is 6.54 Å². The molecule has 0 unspecified atom stereocenters. The lowest BCUT2D eigenvalue weighted by Gasteiger charge is -2.25. The lowest BCUT2D eigenvalue weighted by Crippen LogP contribution is -2.29. The summed E-state index contributed by atoms with van der Waals surface area (Å²) >= 11 is 1.44. The molecule has 1 fully saturated rings. The lowest BCUT2D eigenvalue weighted by molar-refractivity contribution is 0.102. The number of anilines is 1. The van der Waals surface area contributed by atoms with Crippen molar-refractivity contribution >= 4 is 28.0 Å². The summed E-state index contributed by atoms with van der Waals surface area (Å²) in [5.41, 5.74) is 1.86. The topological polar surface area (TPSA) is 88.3 Å². The minimum Gasteiger partial charge on any atom is -0.298 e. The Morgan fingerprint density at radius 3 is 3.04 bits per heavy atom. The van der Waals surface area contributed by atoms with Crippen LogP contribution in [0, 0.1) is 0 Å². The predicted octanol–water partition coefficient (Wildman–Crippen LogP) is 1.82. The highest BCUT2D eigenvalue weighted by atomic mass is 32.1. The largest absolute Gasteiger partial charge is 0.298 e. The number of fused-ring (bicyclic) bond motifs is 1. The van der Waals surface area contributed by atoms with Crippen LogP contribution < -0.4 is 5.32 Å². The molecule has 9 heteroatoms. The van der Waals surface area contributed by atoms with E-state index in [0.29, 0.717) is 16.3 Å². The maximum absolute atomic E-state index is 12.5. The van der Waals surface area contributed by atoms with E-state index in [1.165, 1.54) is 35.1 Å². The van der Waals surface area contributed by atoms with Crippen molar-refractivity contribution in [3.63, 3.8) is 0 Å². The molecule has 0 aliphatic carbocycles. The lowest BCUT2D eigenvalue weighted by atomic mass is 10.1. The second-order valence-electron chi connectivity index (χ2n) is 5.80. The van der Waals surface area contributed by atoms with E-state index in [9.17, 15) is 4.79 Å². The zero-order valence-electron chi connectivity index (χ0n) is 13.1. The summed E-state index contributed by atoms with van der Waals surface area (Å²) in [6, 6.07) is 3.44. The second kappa shape index (κ2) is 6.62. The van der Waals surface area contributed by atoms with Gasteiger partial charge in [0.15, 0.2) is 10.8 Å². The van der Waals surface area contributed by atoms with Gasteiger partial charge in [0.05, 0.1) is 11.3 Å². The van der Waals surface area contributed by atoms with Crippen LogP contribution in [-0.4, -0.2) is 48.9 Å². The zero-order chi connectivity index (χ0) is 16.4. The molecule has 8 nitrogen and oxygen atoms in total. The molecule has 0 saturated carbocycles. The molecule has 3 aromatic rings. The van der Waals surface area contributed by atoms with Gasteiger partial charge in [-0.25, -0.2) is 4.98 Å². The van der Waals surface area contributed by atoms with Crippen molar-refractivity contribution in [3.8, 4) is 0 Å². The Balaban J connectivity index is 1.45. The Hall–Kier alpha value is -2.39. The van der Waals surface area contributed by atoms with E-state index in [4.69, 9.17) is 0 Å². The van der Waals surface area contributed by atoms with Crippen LogP contribution in [0.4, 0.5) is 5.13 Å². The molecular formula is C15H17N7OS. The Kier molecular flexibility index (Phi) is 4.18. The minimum absolute atomic E-state index is 0.255. The number of tetrazole rings is 1. The number of carbonyl (C=O) groups excluding carboxylic acids is 1. The van der Waals surface area contributed by atoms with Crippen LogP contribution in [0.3, 0.4) is 0 Å². The summed E-state index contributed by atoms with van der Waals surface area (Å²) in [5.74, 6) is -0.255. The van der Waals surface area contributed by atoms with Crippen molar-refractivity contribution in [3.05, 3.63) is 35.0 Å². The summed E-state index contributed by atoms with van der Waals surface area (Å²) in [4.78, 5) is 19.4. The zero-order valence-corrected chi connectivity index (χ0v) is 13.9. The van der Waals surface area contributed by atoms with E-state index in [0.717, 1.165) is 25.3 Å². The van der Waals surface area contributed by atoms with E-state index in [2.05, 4.69) is 30.7 Å². The van der Waals surface area contributed by atoms with Gasteiger partial charge >= 0.3 is 0 Å². The number of thiazole rings is 1. The number of pyridine rings is 1. The number of carbonyl (C=O) groups is 1. The number of amides is 1. The smallest absolute Gasteiger partial charge is 0.261 e. The molecule has 0 bridgehead atoms. The van der Waals surface area contributed by atoms with Gasteiger partial charge in [0, 0.05) is 18.1 Å². The van der Waals surface area contributed by atoms with Gasteiger partial charge in [0.2, 0.25) is 0 Å². The number of nitrogens with one attached hydrogen (secondary N) is 1. The molecule has 0 atom stereocenters. The third-order valence-corrected chi connectivity index (χ3v) is 4.88. The van der Waals surface area contributed by atoms with Crippen molar-refractivity contribution in [1.82, 2.24) is 29.9 Å². The highest BCUT2D eigenvalue weighted by Crippen LogP contribution is 2.20. The first kappa shape index (κ1) is 15.2. The van der Waals surface area contributed by atoms with Crippen LogP contribution in [0.2, 0.25) is 0 Å². The Labute approximate surface area is 142 Å². The SMILES string of the molecule is O=C(Nc1nc(CN2CCCCC2)cs1)c1cccn2nnnc12. The van der Waals surface area contributed by atoms with Gasteiger partial charge in [0.25, 0.3) is 5.91 Å². The van der Waals surface area contributed by atoms with Crippen LogP contribution in [0.5, 0.6) is 0 Å². The van der Waals surface area contributed by atoms with E-state index < -0.39 is 0 Å². The Bertz CT molecular complexity index is 852. The maximum atomic E-state index is 12.5. The maximum Gasteiger partial charge on any atom is 0.261 e. The van der Waals surface area contributed by atoms with Gasteiger partial charge in [-0.1, -0.05) is 6.42 Å². The molecule has 1 aliphatic heterocycles. The third kappa shape index (κ3) is 3.13. The number of hydrogen-bond acceptors (Lipinski definition) is 7. The fraction of sp³-hybridized carbons (Fsp3) is 0.400. The fourth-order valence-electron chi connectivity index (χ4n) is 2.89. The third-order valence-electron chi connectivity index (χ3n) is 4.07. The van der Waals surface area contributed by atoms with Crippen molar-refractivity contribution in [2.75, 3.05) is 18.4 Å². The van der Waals surface area contributed by atoms with Gasteiger partial charge in [-0.05, 0) is 48.5 Å². The molecule has 1 amide bonds. The summed E-state index contributed by atoms with van der Waals surface area (Å²) in [6.07, 6.45) is 5.53. The summed E-state index contributed by atoms with van der Waals surface area (Å²) in [5, 5.41) is 16.7. The summed E-state index contributed by atoms with van der Waals surface area (Å²) in [7, 11) is 0. The number of likely N-dealkylation sites (tertiary alicyclic amines) is 1. The van der Waals surface area contributed by atoms with Crippen molar-refractivity contribution < 1.29 is 4.79 Å². The second-order valence-corrected chi connectivity index (χ2v) is 6.66. The van der Waals surface area contributed by atoms with Crippen molar-refractivity contribution in [2.45, 2.75) is 25.8 Å². The molecule has 4 rings (SSSR count). The number of piperidine rings is 1. The standard InChI is InChI=1S/C15H17N7OS/c23-14(12-5-4-8-22-13(12)18-19-20-22)17-15-16-11(10-24-15)9-21-6-2-1-3-7-21/h4-5,8,10H,1-3,6-7,9H2,(H,16,17,23). The van der Waals surface area contributed by atoms with E-state index in [1.54, 1.807) is 18.3 Å². The predicted molar refractivity (Wildman–Crippen MR) is 90.0 cm³/mol. The van der Waals surface area contributed by atoms with Gasteiger partial charge < -0.3 is 0 Å². The molecule has 0 spiro atoms. The average Bonchev–Trinajstić information content (AvgIpc) is 3.24. The van der Waals surface area contributed by atoms with Crippen LogP contribution in [0.1, 0.15) is 35.3 Å². The number of hydrogen-bond donors (Lipinski definition) is 1. The summed E-state index contributed by atoms with van der Waals surface area (Å²) in [6.45, 7) is 3.10. The molecule has 0 aromatic carbocycles. The Morgan fingerprint density at radius 1 is 1.29 bits per heavy atom. The molecule has 24 heavy (non-hydrogen) atoms. The monoisotopic (exact) mass is 343 g/mol. The van der Waals surface area contributed by atoms with E-state index in [-0.39, 0.29) is 5.91 Å². The minimum atomic E-state index is -0.255. The molecular weight excluding hydrogens is 326 g/mol. The van der Waals surface area contributed by atoms with E-state index >= 15 is 0 Å². The average molecular weight is 343 g/mol. The van der Waals surface area contributed by atoms with Gasteiger partial charge in [-0.3, -0.25) is 15.0 Å². The van der Waals surface area contributed by atoms with Crippen molar-refractivity contribution in [2.24, 2.45) is 0 Å². The molecule has 3 aromatic heterocycles. The first-order valence-corrected chi connectivity index (χ1v) is 8.82. The van der Waals surface area contributed by atoms with Gasteiger partial charge in [-0.2, -0.15) is 4.52 Å². The van der Waals surface area contributed by atoms with Crippen molar-refractivity contribution in [1.29, 1.82) is 0 Å². The number of nitrogens with zero attached hydrogens (tertiary/aromatic N) is 6. The quantitative estimate of drug-likeness (QED) is 0.777. The van der Waals surface area contributed by atoms with Crippen LogP contribution in [0.25, 0.3) is 5.65 Å². The normalized spacial score (nSPS) is 15.7. The van der Waals surface area contributed by atoms with E-state index in [1.807, 2.05) is 5.38 Å². The fourth-order valence-corrected chi connectivity index (χ4v) is 3.59. The molecule has 4 heterocycles. The number of rotatable bonds is 4. The van der Waals surface area contributed by atoms with Gasteiger partial charge in [0.1, 0.15) is 0 Å².